The van der Waals surface area contributed by atoms with Crippen LogP contribution in [-0.4, -0.2) is 24.8 Å². The average Bonchev–Trinajstić information content (AvgIpc) is 2.29. The predicted molar refractivity (Wildman–Crippen MR) is 75.2 cm³/mol. The highest BCUT2D eigenvalue weighted by Gasteiger charge is 2.13. The SMILES string of the molecule is CC(C)(C)NC(=O)OCCCOc1ccc(N)cc1. The lowest BCUT2D eigenvalue weighted by Gasteiger charge is -2.19. The topological polar surface area (TPSA) is 73.6 Å². The summed E-state index contributed by atoms with van der Waals surface area (Å²) in [6.07, 6.45) is 0.238. The monoisotopic (exact) mass is 266 g/mol. The molecule has 1 aromatic carbocycles. The molecule has 0 spiro atoms. The van der Waals surface area contributed by atoms with Gasteiger partial charge in [0.2, 0.25) is 0 Å². The smallest absolute Gasteiger partial charge is 0.407 e. The Bertz CT molecular complexity index is 396. The van der Waals surface area contributed by atoms with Crippen molar-refractivity contribution in [2.45, 2.75) is 32.7 Å². The van der Waals surface area contributed by atoms with Gasteiger partial charge in [-0.05, 0) is 45.0 Å². The highest BCUT2D eigenvalue weighted by Crippen LogP contribution is 2.13. The number of benzene rings is 1. The summed E-state index contributed by atoms with van der Waals surface area (Å²) in [6.45, 7) is 6.53. The summed E-state index contributed by atoms with van der Waals surface area (Å²) in [4.78, 5) is 11.3. The summed E-state index contributed by atoms with van der Waals surface area (Å²) in [6, 6.07) is 7.18. The van der Waals surface area contributed by atoms with E-state index in [4.69, 9.17) is 15.2 Å². The van der Waals surface area contributed by atoms with Crippen molar-refractivity contribution in [3.05, 3.63) is 24.3 Å². The lowest BCUT2D eigenvalue weighted by molar-refractivity contribution is 0.130. The molecule has 1 amide bonds. The molecular weight excluding hydrogens is 244 g/mol. The third-order valence-electron chi connectivity index (χ3n) is 2.15. The summed E-state index contributed by atoms with van der Waals surface area (Å²) in [5, 5.41) is 2.72. The molecule has 5 nitrogen and oxygen atoms in total. The number of alkyl carbamates (subject to hydrolysis) is 1. The Hall–Kier alpha value is -1.91. The zero-order valence-corrected chi connectivity index (χ0v) is 11.7. The lowest BCUT2D eigenvalue weighted by atomic mass is 10.1. The van der Waals surface area contributed by atoms with Crippen LogP contribution < -0.4 is 15.8 Å². The second-order valence-electron chi connectivity index (χ2n) is 5.28. The average molecular weight is 266 g/mol. The molecule has 1 rings (SSSR count). The minimum Gasteiger partial charge on any atom is -0.493 e. The fraction of sp³-hybridized carbons (Fsp3) is 0.500. The number of nitrogens with two attached hydrogens (primary N) is 1. The molecule has 0 aliphatic carbocycles. The van der Waals surface area contributed by atoms with Crippen LogP contribution in [0.5, 0.6) is 5.75 Å². The van der Waals surface area contributed by atoms with Gasteiger partial charge in [0.05, 0.1) is 13.2 Å². The maximum atomic E-state index is 11.3. The Labute approximate surface area is 114 Å². The fourth-order valence-corrected chi connectivity index (χ4v) is 1.32. The summed E-state index contributed by atoms with van der Waals surface area (Å²) in [7, 11) is 0. The number of ether oxygens (including phenoxy) is 2. The van der Waals surface area contributed by atoms with Gasteiger partial charge in [-0.1, -0.05) is 0 Å². The Morgan fingerprint density at radius 1 is 1.21 bits per heavy atom. The van der Waals surface area contributed by atoms with Gasteiger partial charge in [0.1, 0.15) is 5.75 Å². The van der Waals surface area contributed by atoms with Gasteiger partial charge >= 0.3 is 6.09 Å². The summed E-state index contributed by atoms with van der Waals surface area (Å²) in [5.41, 5.74) is 5.99. The minimum atomic E-state index is -0.403. The Morgan fingerprint density at radius 3 is 2.42 bits per heavy atom. The Kier molecular flexibility index (Phi) is 5.48. The Balaban J connectivity index is 2.11. The van der Waals surface area contributed by atoms with Gasteiger partial charge < -0.3 is 20.5 Å². The van der Waals surface area contributed by atoms with E-state index in [-0.39, 0.29) is 5.54 Å². The number of carbonyl (C=O) groups is 1. The number of hydrogen-bond donors (Lipinski definition) is 2. The normalized spacial score (nSPS) is 10.9. The zero-order chi connectivity index (χ0) is 14.3. The molecule has 3 N–H and O–H groups in total. The molecule has 0 radical (unpaired) electrons. The van der Waals surface area contributed by atoms with Gasteiger partial charge in [-0.25, -0.2) is 4.79 Å². The van der Waals surface area contributed by atoms with Crippen LogP contribution in [0.1, 0.15) is 27.2 Å². The summed E-state index contributed by atoms with van der Waals surface area (Å²) >= 11 is 0. The van der Waals surface area contributed by atoms with Crippen molar-refractivity contribution in [1.82, 2.24) is 5.32 Å². The van der Waals surface area contributed by atoms with Crippen LogP contribution in [0.25, 0.3) is 0 Å². The van der Waals surface area contributed by atoms with Crippen molar-refractivity contribution in [2.75, 3.05) is 18.9 Å². The van der Waals surface area contributed by atoms with Crippen molar-refractivity contribution in [1.29, 1.82) is 0 Å². The maximum Gasteiger partial charge on any atom is 0.407 e. The molecule has 0 unspecified atom stereocenters. The van der Waals surface area contributed by atoms with Crippen LogP contribution in [0.2, 0.25) is 0 Å². The number of rotatable bonds is 5. The van der Waals surface area contributed by atoms with E-state index in [1.807, 2.05) is 32.9 Å². The van der Waals surface area contributed by atoms with Crippen LogP contribution in [0, 0.1) is 0 Å². The number of amides is 1. The second kappa shape index (κ2) is 6.87. The van der Waals surface area contributed by atoms with Crippen LogP contribution in [0.3, 0.4) is 0 Å². The van der Waals surface area contributed by atoms with Gasteiger partial charge in [0.15, 0.2) is 0 Å². The standard InChI is InChI=1S/C14H22N2O3/c1-14(2,3)16-13(17)19-10-4-9-18-12-7-5-11(15)6-8-12/h5-8H,4,9-10,15H2,1-3H3,(H,16,17). The quantitative estimate of drug-likeness (QED) is 0.634. The van der Waals surface area contributed by atoms with E-state index in [9.17, 15) is 4.79 Å². The van der Waals surface area contributed by atoms with Gasteiger partial charge in [-0.3, -0.25) is 0 Å². The first-order chi connectivity index (χ1) is 8.87. The number of nitrogens with one attached hydrogen (secondary N) is 1. The van der Waals surface area contributed by atoms with Crippen molar-refractivity contribution in [3.8, 4) is 5.75 Å². The molecule has 0 fully saturated rings. The molecule has 0 saturated heterocycles. The van der Waals surface area contributed by atoms with Crippen LogP contribution in [-0.2, 0) is 4.74 Å². The van der Waals surface area contributed by atoms with Crippen molar-refractivity contribution >= 4 is 11.8 Å². The van der Waals surface area contributed by atoms with Gasteiger partial charge in [0.25, 0.3) is 0 Å². The molecule has 0 saturated carbocycles. The molecule has 0 bridgehead atoms. The molecule has 0 aromatic heterocycles. The van der Waals surface area contributed by atoms with E-state index in [0.717, 1.165) is 5.75 Å². The van der Waals surface area contributed by atoms with Crippen LogP contribution in [0.4, 0.5) is 10.5 Å². The first-order valence-electron chi connectivity index (χ1n) is 6.30. The lowest BCUT2D eigenvalue weighted by Crippen LogP contribution is -2.41. The van der Waals surface area contributed by atoms with E-state index < -0.39 is 6.09 Å². The van der Waals surface area contributed by atoms with Crippen molar-refractivity contribution < 1.29 is 14.3 Å². The minimum absolute atomic E-state index is 0.280. The van der Waals surface area contributed by atoms with Gasteiger partial charge in [0, 0.05) is 17.6 Å². The molecule has 5 heteroatoms. The van der Waals surface area contributed by atoms with Crippen LogP contribution in [0.15, 0.2) is 24.3 Å². The highest BCUT2D eigenvalue weighted by molar-refractivity contribution is 5.67. The largest absolute Gasteiger partial charge is 0.493 e. The molecule has 0 aliphatic rings. The zero-order valence-electron chi connectivity index (χ0n) is 11.7. The highest BCUT2D eigenvalue weighted by atomic mass is 16.5. The van der Waals surface area contributed by atoms with E-state index >= 15 is 0 Å². The molecule has 1 aromatic rings. The fourth-order valence-electron chi connectivity index (χ4n) is 1.32. The first kappa shape index (κ1) is 15.1. The maximum absolute atomic E-state index is 11.3. The van der Waals surface area contributed by atoms with Crippen molar-refractivity contribution in [2.24, 2.45) is 0 Å². The first-order valence-corrected chi connectivity index (χ1v) is 6.30. The predicted octanol–water partition coefficient (Wildman–Crippen LogP) is 2.56. The summed E-state index contributed by atoms with van der Waals surface area (Å²) in [5.74, 6) is 0.758. The van der Waals surface area contributed by atoms with E-state index in [1.165, 1.54) is 0 Å². The molecule has 0 heterocycles. The van der Waals surface area contributed by atoms with E-state index in [1.54, 1.807) is 12.1 Å². The third-order valence-corrected chi connectivity index (χ3v) is 2.15. The molecule has 19 heavy (non-hydrogen) atoms. The van der Waals surface area contributed by atoms with Crippen molar-refractivity contribution in [3.63, 3.8) is 0 Å². The molecule has 0 atom stereocenters. The summed E-state index contributed by atoms with van der Waals surface area (Å²) < 4.78 is 10.5. The number of hydrogen-bond acceptors (Lipinski definition) is 4. The van der Waals surface area contributed by atoms with E-state index in [2.05, 4.69) is 5.32 Å². The second-order valence-corrected chi connectivity index (χ2v) is 5.28. The Morgan fingerprint density at radius 2 is 1.84 bits per heavy atom. The molecule has 0 aliphatic heterocycles. The third kappa shape index (κ3) is 7.18. The number of nitrogen functional groups attached to an aromatic ring is 1. The number of anilines is 1. The van der Waals surface area contributed by atoms with Gasteiger partial charge in [-0.2, -0.15) is 0 Å². The van der Waals surface area contributed by atoms with Gasteiger partial charge in [-0.15, -0.1) is 0 Å². The van der Waals surface area contributed by atoms with Crippen LogP contribution >= 0.6 is 0 Å². The number of carbonyl (C=O) groups excluding carboxylic acids is 1. The molecule has 106 valence electrons. The van der Waals surface area contributed by atoms with E-state index in [0.29, 0.717) is 25.3 Å². The molecular formula is C14H22N2O3.